The van der Waals surface area contributed by atoms with Gasteiger partial charge in [0.2, 0.25) is 0 Å². The molecule has 1 aromatic carbocycles. The average molecular weight is 277 g/mol. The average Bonchev–Trinajstić information content (AvgIpc) is 2.28. The number of carbonyl (C=O) groups excluding carboxylic acids is 2. The van der Waals surface area contributed by atoms with E-state index in [0.717, 1.165) is 0 Å². The van der Waals surface area contributed by atoms with E-state index in [1.165, 1.54) is 31.2 Å². The van der Waals surface area contributed by atoms with Gasteiger partial charge in [-0.15, -0.1) is 0 Å². The van der Waals surface area contributed by atoms with Crippen molar-refractivity contribution in [2.75, 3.05) is 0 Å². The quantitative estimate of drug-likeness (QED) is 0.210. The van der Waals surface area contributed by atoms with E-state index in [0.29, 0.717) is 0 Å². The minimum Gasteiger partial charge on any atom is -1.00 e. The molecule has 0 bridgehead atoms. The number of non-ortho nitro benzene ring substituents is 1. The van der Waals surface area contributed by atoms with Crippen LogP contribution in [0.2, 0.25) is 0 Å². The Kier molecular flexibility index (Phi) is 7.05. The first-order chi connectivity index (χ1) is 8.40. The van der Waals surface area contributed by atoms with Gasteiger partial charge in [0.25, 0.3) is 5.69 Å². The number of benzene rings is 1. The van der Waals surface area contributed by atoms with Crippen LogP contribution in [0.5, 0.6) is 5.75 Å². The number of amides is 2. The van der Waals surface area contributed by atoms with Gasteiger partial charge in [-0.2, -0.15) is 0 Å². The molecule has 1 aromatic rings. The fourth-order valence-corrected chi connectivity index (χ4v) is 1.11. The molecule has 2 amide bonds. The standard InChI is InChI=1S/C10H11N3O5.Na.H/c1-6(12-10(11)15)9(14)18-8-4-2-7(3-5-8)13(16)17;;/h2-6H,1H3,(H3,11,12,15);;/q;+1;-1. The van der Waals surface area contributed by atoms with Gasteiger partial charge in [0.1, 0.15) is 11.8 Å². The van der Waals surface area contributed by atoms with E-state index in [4.69, 9.17) is 10.5 Å². The number of nitrogens with zero attached hydrogens (tertiary/aromatic N) is 1. The van der Waals surface area contributed by atoms with Crippen molar-refractivity contribution < 1.29 is 50.2 Å². The van der Waals surface area contributed by atoms with Crippen molar-refractivity contribution in [3.05, 3.63) is 34.4 Å². The fourth-order valence-electron chi connectivity index (χ4n) is 1.11. The van der Waals surface area contributed by atoms with Gasteiger partial charge in [-0.1, -0.05) is 0 Å². The number of urea groups is 1. The third-order valence-corrected chi connectivity index (χ3v) is 1.98. The van der Waals surface area contributed by atoms with Crippen LogP contribution in [0.25, 0.3) is 0 Å². The number of nitro groups is 1. The summed E-state index contributed by atoms with van der Waals surface area (Å²) in [6.07, 6.45) is 0. The minimum atomic E-state index is -0.905. The monoisotopic (exact) mass is 277 g/mol. The molecular weight excluding hydrogens is 265 g/mol. The smallest absolute Gasteiger partial charge is 1.00 e. The van der Waals surface area contributed by atoms with E-state index in [9.17, 15) is 19.7 Å². The number of esters is 1. The van der Waals surface area contributed by atoms with E-state index in [-0.39, 0.29) is 42.4 Å². The van der Waals surface area contributed by atoms with Crippen LogP contribution in [0.15, 0.2) is 24.3 Å². The summed E-state index contributed by atoms with van der Waals surface area (Å²) in [5.41, 5.74) is 4.73. The molecule has 3 N–H and O–H groups in total. The summed E-state index contributed by atoms with van der Waals surface area (Å²) in [6.45, 7) is 1.40. The molecule has 0 aliphatic rings. The molecule has 9 heteroatoms. The van der Waals surface area contributed by atoms with Gasteiger partial charge >= 0.3 is 41.6 Å². The van der Waals surface area contributed by atoms with Gasteiger partial charge in [-0.25, -0.2) is 9.59 Å². The Balaban J connectivity index is 0. The zero-order valence-corrected chi connectivity index (χ0v) is 12.5. The molecule has 19 heavy (non-hydrogen) atoms. The molecule has 0 saturated heterocycles. The molecule has 1 rings (SSSR count). The number of nitrogens with one attached hydrogen (secondary N) is 1. The molecule has 0 saturated carbocycles. The van der Waals surface area contributed by atoms with E-state index < -0.39 is 23.0 Å². The maximum absolute atomic E-state index is 11.4. The second-order valence-electron chi connectivity index (χ2n) is 3.40. The molecule has 0 fully saturated rings. The summed E-state index contributed by atoms with van der Waals surface area (Å²) in [5.74, 6) is -0.577. The van der Waals surface area contributed by atoms with Gasteiger partial charge in [-0.3, -0.25) is 10.1 Å². The summed E-state index contributed by atoms with van der Waals surface area (Å²) in [6, 6.07) is 3.23. The SMILES string of the molecule is CC(NC(N)=O)C(=O)Oc1ccc([N+](=O)[O-])cc1.[H-].[Na+]. The Bertz CT molecular complexity index is 482. The van der Waals surface area contributed by atoms with Crippen LogP contribution >= 0.6 is 0 Å². The summed E-state index contributed by atoms with van der Waals surface area (Å²) in [7, 11) is 0. The zero-order valence-electron chi connectivity index (χ0n) is 11.5. The number of ether oxygens (including phenoxy) is 1. The van der Waals surface area contributed by atoms with Crippen LogP contribution in [-0.4, -0.2) is 23.0 Å². The van der Waals surface area contributed by atoms with Crippen LogP contribution < -0.4 is 45.3 Å². The van der Waals surface area contributed by atoms with E-state index in [1.54, 1.807) is 0 Å². The number of carbonyl (C=O) groups is 2. The predicted octanol–water partition coefficient (Wildman–Crippen LogP) is -2.33. The summed E-state index contributed by atoms with van der Waals surface area (Å²) >= 11 is 0. The van der Waals surface area contributed by atoms with Crippen molar-refractivity contribution >= 4 is 17.7 Å². The Morgan fingerprint density at radius 2 is 1.95 bits per heavy atom. The van der Waals surface area contributed by atoms with Gasteiger partial charge in [0, 0.05) is 12.1 Å². The van der Waals surface area contributed by atoms with Gasteiger partial charge < -0.3 is 17.2 Å². The van der Waals surface area contributed by atoms with Crippen molar-refractivity contribution in [2.45, 2.75) is 13.0 Å². The minimum absolute atomic E-state index is 0. The summed E-state index contributed by atoms with van der Waals surface area (Å²) < 4.78 is 4.88. The third-order valence-electron chi connectivity index (χ3n) is 1.98. The molecule has 8 nitrogen and oxygen atoms in total. The number of nitro benzene ring substituents is 1. The molecule has 98 valence electrons. The molecule has 0 heterocycles. The van der Waals surface area contributed by atoms with Crippen LogP contribution in [0, 0.1) is 10.1 Å². The molecule has 0 aliphatic heterocycles. The molecular formula is C10H12N3NaO5. The van der Waals surface area contributed by atoms with E-state index >= 15 is 0 Å². The molecule has 0 spiro atoms. The van der Waals surface area contributed by atoms with Crippen LogP contribution in [-0.2, 0) is 4.79 Å². The van der Waals surface area contributed by atoms with Crippen LogP contribution in [0.4, 0.5) is 10.5 Å². The van der Waals surface area contributed by atoms with Crippen molar-refractivity contribution in [3.63, 3.8) is 0 Å². The van der Waals surface area contributed by atoms with Crippen molar-refractivity contribution in [1.82, 2.24) is 5.32 Å². The maximum Gasteiger partial charge on any atom is 1.00 e. The van der Waals surface area contributed by atoms with E-state index in [1.807, 2.05) is 0 Å². The number of nitrogens with two attached hydrogens (primary N) is 1. The zero-order chi connectivity index (χ0) is 13.7. The van der Waals surface area contributed by atoms with Crippen LogP contribution in [0.3, 0.4) is 0 Å². The Labute approximate surface area is 132 Å². The second-order valence-corrected chi connectivity index (χ2v) is 3.40. The van der Waals surface area contributed by atoms with E-state index in [2.05, 4.69) is 5.32 Å². The predicted molar refractivity (Wildman–Crippen MR) is 62.0 cm³/mol. The first-order valence-electron chi connectivity index (χ1n) is 4.92. The number of rotatable bonds is 4. The number of hydrogen-bond acceptors (Lipinski definition) is 5. The summed E-state index contributed by atoms with van der Waals surface area (Å²) in [5, 5.41) is 12.5. The Morgan fingerprint density at radius 1 is 1.42 bits per heavy atom. The first-order valence-corrected chi connectivity index (χ1v) is 4.92. The summed E-state index contributed by atoms with van der Waals surface area (Å²) in [4.78, 5) is 31.8. The molecule has 0 aromatic heterocycles. The topological polar surface area (TPSA) is 125 Å². The molecule has 0 radical (unpaired) electrons. The number of hydrogen-bond donors (Lipinski definition) is 2. The van der Waals surface area contributed by atoms with Crippen LogP contribution in [0.1, 0.15) is 8.35 Å². The first kappa shape index (κ1) is 17.4. The third kappa shape index (κ3) is 5.69. The normalized spacial score (nSPS) is 10.8. The fraction of sp³-hybridized carbons (Fsp3) is 0.200. The largest absolute Gasteiger partial charge is 1.00 e. The Hall–Kier alpha value is -1.64. The van der Waals surface area contributed by atoms with Crippen molar-refractivity contribution in [1.29, 1.82) is 0 Å². The van der Waals surface area contributed by atoms with Gasteiger partial charge in [0.05, 0.1) is 4.92 Å². The second kappa shape index (κ2) is 7.72. The number of primary amides is 1. The Morgan fingerprint density at radius 3 is 2.37 bits per heavy atom. The van der Waals surface area contributed by atoms with Gasteiger partial charge in [-0.05, 0) is 19.1 Å². The van der Waals surface area contributed by atoms with Crippen molar-refractivity contribution in [3.8, 4) is 5.75 Å². The molecule has 1 atom stereocenters. The molecule has 1 unspecified atom stereocenters. The van der Waals surface area contributed by atoms with Gasteiger partial charge in [0.15, 0.2) is 0 Å². The van der Waals surface area contributed by atoms with Crippen molar-refractivity contribution in [2.24, 2.45) is 5.73 Å². The molecule has 0 aliphatic carbocycles. The maximum atomic E-state index is 11.4.